The summed E-state index contributed by atoms with van der Waals surface area (Å²) < 4.78 is 7.14. The van der Waals surface area contributed by atoms with Crippen LogP contribution in [0.4, 0.5) is 0 Å². The van der Waals surface area contributed by atoms with Gasteiger partial charge in [-0.1, -0.05) is 0 Å². The molecule has 2 rings (SSSR count). The van der Waals surface area contributed by atoms with Gasteiger partial charge in [-0.25, -0.2) is 0 Å². The Hall–Kier alpha value is -1.40. The minimum Gasteiger partial charge on any atom is -0.394 e. The van der Waals surface area contributed by atoms with Gasteiger partial charge in [0.1, 0.15) is 0 Å². The van der Waals surface area contributed by atoms with E-state index in [1.165, 1.54) is 0 Å². The van der Waals surface area contributed by atoms with E-state index < -0.39 is 0 Å². The fourth-order valence-corrected chi connectivity index (χ4v) is 2.02. The molecule has 1 amide bonds. The van der Waals surface area contributed by atoms with E-state index in [2.05, 4.69) is 5.10 Å². The van der Waals surface area contributed by atoms with Crippen LogP contribution < -0.4 is 0 Å². The number of hydrogen-bond donors (Lipinski definition) is 1. The summed E-state index contributed by atoms with van der Waals surface area (Å²) in [5.41, 5.74) is 0.585. The molecule has 0 saturated carbocycles. The van der Waals surface area contributed by atoms with Crippen molar-refractivity contribution in [2.75, 3.05) is 19.8 Å². The predicted molar refractivity (Wildman–Crippen MR) is 65.2 cm³/mol. The lowest BCUT2D eigenvalue weighted by Gasteiger charge is -2.37. The maximum Gasteiger partial charge on any atom is 0.257 e. The third-order valence-electron chi connectivity index (χ3n) is 3.17. The van der Waals surface area contributed by atoms with Gasteiger partial charge < -0.3 is 14.7 Å². The zero-order valence-corrected chi connectivity index (χ0v) is 10.7. The summed E-state index contributed by atoms with van der Waals surface area (Å²) in [4.78, 5) is 14.1. The van der Waals surface area contributed by atoms with Crippen molar-refractivity contribution in [3.05, 3.63) is 18.0 Å². The van der Waals surface area contributed by atoms with E-state index in [1.54, 1.807) is 22.0 Å². The maximum atomic E-state index is 12.3. The number of aliphatic hydroxyl groups is 1. The zero-order chi connectivity index (χ0) is 13.1. The number of ether oxygens (including phenoxy) is 1. The van der Waals surface area contributed by atoms with Crippen LogP contribution in [0.25, 0.3) is 0 Å². The molecule has 0 aromatic carbocycles. The molecule has 1 aromatic rings. The minimum atomic E-state index is -0.286. The molecule has 6 heteroatoms. The van der Waals surface area contributed by atoms with Crippen LogP contribution in [0.2, 0.25) is 0 Å². The molecule has 1 N–H and O–H groups in total. The topological polar surface area (TPSA) is 67.6 Å². The lowest BCUT2D eigenvalue weighted by Crippen LogP contribution is -2.51. The van der Waals surface area contributed by atoms with Gasteiger partial charge in [0.15, 0.2) is 0 Å². The SMILES string of the molecule is CCn1cc(C(=O)N2CC(CO)OCC2C)cn1. The first-order chi connectivity index (χ1) is 8.65. The first-order valence-corrected chi connectivity index (χ1v) is 6.21. The van der Waals surface area contributed by atoms with Crippen molar-refractivity contribution in [1.82, 2.24) is 14.7 Å². The summed E-state index contributed by atoms with van der Waals surface area (Å²) in [6, 6.07) is 0.0188. The number of carbonyl (C=O) groups excluding carboxylic acids is 1. The Bertz CT molecular complexity index is 418. The Kier molecular flexibility index (Phi) is 3.98. The average Bonchev–Trinajstić information content (AvgIpc) is 2.87. The summed E-state index contributed by atoms with van der Waals surface area (Å²) in [7, 11) is 0. The van der Waals surface area contributed by atoms with Gasteiger partial charge >= 0.3 is 0 Å². The number of amides is 1. The van der Waals surface area contributed by atoms with Crippen molar-refractivity contribution >= 4 is 5.91 Å². The Morgan fingerprint density at radius 3 is 3.06 bits per heavy atom. The molecule has 0 spiro atoms. The molecule has 1 aliphatic heterocycles. The van der Waals surface area contributed by atoms with Crippen LogP contribution in [0, 0.1) is 0 Å². The first-order valence-electron chi connectivity index (χ1n) is 6.21. The number of nitrogens with zero attached hydrogens (tertiary/aromatic N) is 3. The van der Waals surface area contributed by atoms with Crippen molar-refractivity contribution in [2.24, 2.45) is 0 Å². The van der Waals surface area contributed by atoms with E-state index in [1.807, 2.05) is 13.8 Å². The van der Waals surface area contributed by atoms with Crippen LogP contribution in [-0.2, 0) is 11.3 Å². The van der Waals surface area contributed by atoms with E-state index in [9.17, 15) is 4.79 Å². The first kappa shape index (κ1) is 13.0. The Labute approximate surface area is 106 Å². The molecule has 100 valence electrons. The minimum absolute atomic E-state index is 0.0188. The molecule has 1 aliphatic rings. The van der Waals surface area contributed by atoms with Gasteiger partial charge in [0.2, 0.25) is 0 Å². The van der Waals surface area contributed by atoms with Crippen LogP contribution >= 0.6 is 0 Å². The van der Waals surface area contributed by atoms with Crippen molar-refractivity contribution in [3.63, 3.8) is 0 Å². The van der Waals surface area contributed by atoms with Crippen molar-refractivity contribution in [3.8, 4) is 0 Å². The smallest absolute Gasteiger partial charge is 0.257 e. The average molecular weight is 253 g/mol. The number of rotatable bonds is 3. The molecular weight excluding hydrogens is 234 g/mol. The van der Waals surface area contributed by atoms with Crippen molar-refractivity contribution in [1.29, 1.82) is 0 Å². The Balaban J connectivity index is 2.11. The second-order valence-corrected chi connectivity index (χ2v) is 4.53. The molecule has 1 fully saturated rings. The van der Waals surface area contributed by atoms with Crippen molar-refractivity contribution in [2.45, 2.75) is 32.5 Å². The van der Waals surface area contributed by atoms with Crippen LogP contribution in [0.1, 0.15) is 24.2 Å². The lowest BCUT2D eigenvalue weighted by molar-refractivity contribution is -0.0667. The molecule has 0 radical (unpaired) electrons. The largest absolute Gasteiger partial charge is 0.394 e. The van der Waals surface area contributed by atoms with Gasteiger partial charge in [-0.2, -0.15) is 5.10 Å². The van der Waals surface area contributed by atoms with E-state index in [-0.39, 0.29) is 24.7 Å². The summed E-state index contributed by atoms with van der Waals surface area (Å²) in [6.45, 7) is 5.47. The normalized spacial score (nSPS) is 24.3. The highest BCUT2D eigenvalue weighted by molar-refractivity contribution is 5.94. The number of aromatic nitrogens is 2. The molecule has 0 bridgehead atoms. The summed E-state index contributed by atoms with van der Waals surface area (Å²) in [6.07, 6.45) is 3.05. The van der Waals surface area contributed by atoms with Crippen molar-refractivity contribution < 1.29 is 14.6 Å². The third-order valence-corrected chi connectivity index (χ3v) is 3.17. The monoisotopic (exact) mass is 253 g/mol. The number of aliphatic hydroxyl groups excluding tert-OH is 1. The van der Waals surface area contributed by atoms with Gasteiger partial charge in [-0.05, 0) is 13.8 Å². The Morgan fingerprint density at radius 1 is 1.67 bits per heavy atom. The molecule has 1 saturated heterocycles. The summed E-state index contributed by atoms with van der Waals surface area (Å²) in [5.74, 6) is -0.0519. The molecule has 18 heavy (non-hydrogen) atoms. The van der Waals surface area contributed by atoms with Crippen LogP contribution in [-0.4, -0.2) is 57.6 Å². The maximum absolute atomic E-state index is 12.3. The van der Waals surface area contributed by atoms with Gasteiger partial charge in [0, 0.05) is 19.3 Å². The highest BCUT2D eigenvalue weighted by Crippen LogP contribution is 2.15. The molecule has 6 nitrogen and oxygen atoms in total. The Morgan fingerprint density at radius 2 is 2.44 bits per heavy atom. The fraction of sp³-hybridized carbons (Fsp3) is 0.667. The van der Waals surface area contributed by atoms with Crippen LogP contribution in [0.3, 0.4) is 0 Å². The van der Waals surface area contributed by atoms with Crippen LogP contribution in [0.15, 0.2) is 12.4 Å². The third kappa shape index (κ3) is 2.54. The van der Waals surface area contributed by atoms with Crippen LogP contribution in [0.5, 0.6) is 0 Å². The fourth-order valence-electron chi connectivity index (χ4n) is 2.02. The zero-order valence-electron chi connectivity index (χ0n) is 10.7. The number of aryl methyl sites for hydroxylation is 1. The molecule has 2 unspecified atom stereocenters. The predicted octanol–water partition coefficient (Wildman–Crippen LogP) is 0.125. The highest BCUT2D eigenvalue weighted by atomic mass is 16.5. The second kappa shape index (κ2) is 5.49. The number of carbonyl (C=O) groups is 1. The van der Waals surface area contributed by atoms with E-state index >= 15 is 0 Å². The molecule has 2 atom stereocenters. The van der Waals surface area contributed by atoms with Gasteiger partial charge in [-0.15, -0.1) is 0 Å². The summed E-state index contributed by atoms with van der Waals surface area (Å²) in [5, 5.41) is 13.2. The van der Waals surface area contributed by atoms with Gasteiger partial charge in [-0.3, -0.25) is 9.48 Å². The van der Waals surface area contributed by atoms with E-state index in [0.29, 0.717) is 18.7 Å². The lowest BCUT2D eigenvalue weighted by atomic mass is 10.1. The van der Waals surface area contributed by atoms with Gasteiger partial charge in [0.05, 0.1) is 37.1 Å². The highest BCUT2D eigenvalue weighted by Gasteiger charge is 2.30. The van der Waals surface area contributed by atoms with Gasteiger partial charge in [0.25, 0.3) is 5.91 Å². The number of hydrogen-bond acceptors (Lipinski definition) is 4. The molecule has 0 aliphatic carbocycles. The quantitative estimate of drug-likeness (QED) is 0.831. The second-order valence-electron chi connectivity index (χ2n) is 4.53. The summed E-state index contributed by atoms with van der Waals surface area (Å²) >= 11 is 0. The molecule has 1 aromatic heterocycles. The molecular formula is C12H19N3O3. The van der Waals surface area contributed by atoms with E-state index in [4.69, 9.17) is 9.84 Å². The van der Waals surface area contributed by atoms with E-state index in [0.717, 1.165) is 6.54 Å². The number of morpholine rings is 1. The standard InChI is InChI=1S/C12H19N3O3/c1-3-14-5-10(4-13-14)12(17)15-6-11(7-16)18-8-9(15)2/h4-5,9,11,16H,3,6-8H2,1-2H3. The molecule has 2 heterocycles.